The molecule has 3 rings (SSSR count). The van der Waals surface area contributed by atoms with Crippen LogP contribution in [0.25, 0.3) is 0 Å². The fraction of sp³-hybridized carbons (Fsp3) is 0.611. The highest BCUT2D eigenvalue weighted by Gasteiger charge is 2.27. The fourth-order valence-corrected chi connectivity index (χ4v) is 3.36. The first-order chi connectivity index (χ1) is 11.1. The molecule has 0 bridgehead atoms. The Kier molecular flexibility index (Phi) is 5.30. The molecule has 1 unspecified atom stereocenters. The molecule has 1 N–H and O–H groups in total. The van der Waals surface area contributed by atoms with Crippen molar-refractivity contribution in [2.45, 2.75) is 26.3 Å². The van der Waals surface area contributed by atoms with Crippen LogP contribution in [0.5, 0.6) is 0 Å². The van der Waals surface area contributed by atoms with Crippen LogP contribution in [-0.4, -0.2) is 67.7 Å². The van der Waals surface area contributed by atoms with Gasteiger partial charge in [0, 0.05) is 44.5 Å². The highest BCUT2D eigenvalue weighted by atomic mass is 16.5. The average Bonchev–Trinajstić information content (AvgIpc) is 3.06. The molecular weight excluding hydrogens is 290 g/mol. The summed E-state index contributed by atoms with van der Waals surface area (Å²) in [6.45, 7) is 10.3. The van der Waals surface area contributed by atoms with Crippen molar-refractivity contribution >= 4 is 11.6 Å². The van der Waals surface area contributed by atoms with Gasteiger partial charge in [0.1, 0.15) is 0 Å². The SMILES string of the molecule is Cc1ccc(C)c(NC(=O)CN2CCN(C3CCOC3)CC2)c1. The van der Waals surface area contributed by atoms with E-state index in [1.165, 1.54) is 5.56 Å². The predicted octanol–water partition coefficient (Wildman–Crippen LogP) is 1.65. The Morgan fingerprint density at radius 2 is 2.04 bits per heavy atom. The number of aryl methyl sites for hydroxylation is 2. The smallest absolute Gasteiger partial charge is 0.238 e. The number of nitrogens with zero attached hydrogens (tertiary/aromatic N) is 2. The molecule has 1 aromatic rings. The van der Waals surface area contributed by atoms with E-state index < -0.39 is 0 Å². The van der Waals surface area contributed by atoms with E-state index in [1.54, 1.807) is 0 Å². The van der Waals surface area contributed by atoms with E-state index >= 15 is 0 Å². The van der Waals surface area contributed by atoms with Gasteiger partial charge in [-0.05, 0) is 37.5 Å². The second kappa shape index (κ2) is 7.43. The first-order valence-corrected chi connectivity index (χ1v) is 8.53. The monoisotopic (exact) mass is 317 g/mol. The molecule has 126 valence electrons. The molecule has 2 aliphatic heterocycles. The predicted molar refractivity (Wildman–Crippen MR) is 91.8 cm³/mol. The van der Waals surface area contributed by atoms with Crippen LogP contribution in [0, 0.1) is 13.8 Å². The van der Waals surface area contributed by atoms with Crippen LogP contribution in [0.15, 0.2) is 18.2 Å². The van der Waals surface area contributed by atoms with E-state index in [1.807, 2.05) is 26.0 Å². The van der Waals surface area contributed by atoms with Crippen LogP contribution >= 0.6 is 0 Å². The number of anilines is 1. The van der Waals surface area contributed by atoms with Crippen LogP contribution in [-0.2, 0) is 9.53 Å². The molecule has 0 aromatic heterocycles. The van der Waals surface area contributed by atoms with Gasteiger partial charge in [-0.25, -0.2) is 0 Å². The van der Waals surface area contributed by atoms with Crippen molar-refractivity contribution < 1.29 is 9.53 Å². The zero-order valence-corrected chi connectivity index (χ0v) is 14.2. The van der Waals surface area contributed by atoms with E-state index in [-0.39, 0.29) is 5.91 Å². The van der Waals surface area contributed by atoms with Crippen molar-refractivity contribution in [3.8, 4) is 0 Å². The van der Waals surface area contributed by atoms with Crippen molar-refractivity contribution in [2.24, 2.45) is 0 Å². The highest BCUT2D eigenvalue weighted by Crippen LogP contribution is 2.17. The minimum absolute atomic E-state index is 0.0800. The molecule has 1 atom stereocenters. The van der Waals surface area contributed by atoms with Gasteiger partial charge in [0.05, 0.1) is 13.2 Å². The van der Waals surface area contributed by atoms with Gasteiger partial charge in [0.25, 0.3) is 0 Å². The van der Waals surface area contributed by atoms with Crippen molar-refractivity contribution in [1.29, 1.82) is 0 Å². The molecular formula is C18H27N3O2. The molecule has 2 heterocycles. The third-order valence-electron chi connectivity index (χ3n) is 4.86. The van der Waals surface area contributed by atoms with Gasteiger partial charge in [-0.2, -0.15) is 0 Å². The Morgan fingerprint density at radius 3 is 2.74 bits per heavy atom. The number of nitrogens with one attached hydrogen (secondary N) is 1. The van der Waals surface area contributed by atoms with Gasteiger partial charge in [-0.1, -0.05) is 12.1 Å². The molecule has 2 saturated heterocycles. The number of hydrogen-bond acceptors (Lipinski definition) is 4. The maximum Gasteiger partial charge on any atom is 0.238 e. The standard InChI is InChI=1S/C18H27N3O2/c1-14-3-4-15(2)17(11-14)19-18(22)12-20-6-8-21(9-7-20)16-5-10-23-13-16/h3-4,11,16H,5-10,12-13H2,1-2H3,(H,19,22). The van der Waals surface area contributed by atoms with E-state index in [2.05, 4.69) is 21.2 Å². The Labute approximate surface area is 138 Å². The van der Waals surface area contributed by atoms with Crippen molar-refractivity contribution in [3.05, 3.63) is 29.3 Å². The summed E-state index contributed by atoms with van der Waals surface area (Å²) >= 11 is 0. The second-order valence-corrected chi connectivity index (χ2v) is 6.70. The number of amides is 1. The lowest BCUT2D eigenvalue weighted by atomic mass is 10.1. The third kappa shape index (κ3) is 4.31. The molecule has 0 spiro atoms. The van der Waals surface area contributed by atoms with Crippen molar-refractivity contribution in [3.63, 3.8) is 0 Å². The average molecular weight is 317 g/mol. The van der Waals surface area contributed by atoms with E-state index in [0.717, 1.165) is 57.1 Å². The first kappa shape index (κ1) is 16.4. The second-order valence-electron chi connectivity index (χ2n) is 6.70. The topological polar surface area (TPSA) is 44.8 Å². The molecule has 1 amide bonds. The fourth-order valence-electron chi connectivity index (χ4n) is 3.36. The van der Waals surface area contributed by atoms with Crippen LogP contribution in [0.3, 0.4) is 0 Å². The van der Waals surface area contributed by atoms with E-state index in [0.29, 0.717) is 12.6 Å². The van der Waals surface area contributed by atoms with E-state index in [9.17, 15) is 4.79 Å². The first-order valence-electron chi connectivity index (χ1n) is 8.53. The minimum atomic E-state index is 0.0800. The molecule has 0 radical (unpaired) electrons. The summed E-state index contributed by atoms with van der Waals surface area (Å²) in [7, 11) is 0. The number of ether oxygens (including phenoxy) is 1. The Hall–Kier alpha value is -1.43. The van der Waals surface area contributed by atoms with Gasteiger partial charge < -0.3 is 10.1 Å². The molecule has 1 aromatic carbocycles. The third-order valence-corrected chi connectivity index (χ3v) is 4.86. The highest BCUT2D eigenvalue weighted by molar-refractivity contribution is 5.93. The maximum atomic E-state index is 12.3. The van der Waals surface area contributed by atoms with Crippen LogP contribution in [0.4, 0.5) is 5.69 Å². The minimum Gasteiger partial charge on any atom is -0.380 e. The number of rotatable bonds is 4. The largest absolute Gasteiger partial charge is 0.380 e. The van der Waals surface area contributed by atoms with Gasteiger partial charge in [-0.15, -0.1) is 0 Å². The number of benzene rings is 1. The number of carbonyl (C=O) groups excluding carboxylic acids is 1. The quantitative estimate of drug-likeness (QED) is 0.917. The Balaban J connectivity index is 1.46. The molecule has 5 heteroatoms. The van der Waals surface area contributed by atoms with E-state index in [4.69, 9.17) is 4.74 Å². The lowest BCUT2D eigenvalue weighted by Crippen LogP contribution is -2.52. The lowest BCUT2D eigenvalue weighted by molar-refractivity contribution is -0.117. The summed E-state index contributed by atoms with van der Waals surface area (Å²) in [4.78, 5) is 17.0. The maximum absolute atomic E-state index is 12.3. The number of carbonyl (C=O) groups is 1. The van der Waals surface area contributed by atoms with Crippen LogP contribution in [0.1, 0.15) is 17.5 Å². The van der Waals surface area contributed by atoms with Crippen molar-refractivity contribution in [2.75, 3.05) is 51.3 Å². The van der Waals surface area contributed by atoms with Gasteiger partial charge in [0.15, 0.2) is 0 Å². The zero-order chi connectivity index (χ0) is 16.2. The molecule has 0 saturated carbocycles. The van der Waals surface area contributed by atoms with Crippen LogP contribution in [0.2, 0.25) is 0 Å². The summed E-state index contributed by atoms with van der Waals surface area (Å²) in [6.07, 6.45) is 1.15. The van der Waals surface area contributed by atoms with Crippen molar-refractivity contribution in [1.82, 2.24) is 9.80 Å². The molecule has 5 nitrogen and oxygen atoms in total. The molecule has 0 aliphatic carbocycles. The zero-order valence-electron chi connectivity index (χ0n) is 14.2. The lowest BCUT2D eigenvalue weighted by Gasteiger charge is -2.37. The summed E-state index contributed by atoms with van der Waals surface area (Å²) in [5, 5.41) is 3.05. The van der Waals surface area contributed by atoms with Gasteiger partial charge >= 0.3 is 0 Å². The molecule has 23 heavy (non-hydrogen) atoms. The molecule has 2 fully saturated rings. The number of piperazine rings is 1. The summed E-state index contributed by atoms with van der Waals surface area (Å²) < 4.78 is 5.47. The Bertz CT molecular complexity index is 547. The van der Waals surface area contributed by atoms with Crippen LogP contribution < -0.4 is 5.32 Å². The Morgan fingerprint density at radius 1 is 1.26 bits per heavy atom. The van der Waals surface area contributed by atoms with Gasteiger partial charge in [-0.3, -0.25) is 14.6 Å². The molecule has 2 aliphatic rings. The summed E-state index contributed by atoms with van der Waals surface area (Å²) in [5.41, 5.74) is 3.20. The normalized spacial score (nSPS) is 23.1. The van der Waals surface area contributed by atoms with Gasteiger partial charge in [0.2, 0.25) is 5.91 Å². The summed E-state index contributed by atoms with van der Waals surface area (Å²) in [6, 6.07) is 6.73. The number of hydrogen-bond donors (Lipinski definition) is 1. The summed E-state index contributed by atoms with van der Waals surface area (Å²) in [5.74, 6) is 0.0800.